The molecule has 0 aliphatic rings. The Balaban J connectivity index is 2.19. The molecule has 0 bridgehead atoms. The van der Waals surface area contributed by atoms with Gasteiger partial charge >= 0.3 is 5.69 Å². The molecule has 19 heavy (non-hydrogen) atoms. The molecule has 2 aromatic rings. The Morgan fingerprint density at radius 1 is 1.21 bits per heavy atom. The van der Waals surface area contributed by atoms with E-state index in [1.165, 1.54) is 12.1 Å². The van der Waals surface area contributed by atoms with E-state index in [9.17, 15) is 14.5 Å². The molecular weight excluding hydrogens is 249 g/mol. The van der Waals surface area contributed by atoms with Crippen molar-refractivity contribution in [3.05, 3.63) is 69.5 Å². The highest BCUT2D eigenvalue weighted by Gasteiger charge is 2.17. The largest absolute Gasteiger partial charge is 0.489 e. The number of benzene rings is 2. The number of halogens is 1. The van der Waals surface area contributed by atoms with Crippen LogP contribution >= 0.6 is 0 Å². The van der Waals surface area contributed by atoms with Gasteiger partial charge in [-0.3, -0.25) is 10.1 Å². The summed E-state index contributed by atoms with van der Waals surface area (Å²) in [5.74, 6) is -0.213. The summed E-state index contributed by atoms with van der Waals surface area (Å²) in [5, 5.41) is 10.6. The predicted octanol–water partition coefficient (Wildman–Crippen LogP) is 3.62. The van der Waals surface area contributed by atoms with Gasteiger partial charge in [-0.2, -0.15) is 4.39 Å². The van der Waals surface area contributed by atoms with Crippen LogP contribution in [0.15, 0.2) is 42.5 Å². The molecule has 0 spiro atoms. The molecule has 2 aromatic carbocycles. The second kappa shape index (κ2) is 5.48. The Labute approximate surface area is 109 Å². The van der Waals surface area contributed by atoms with Crippen molar-refractivity contribution in [2.45, 2.75) is 13.5 Å². The molecule has 0 radical (unpaired) electrons. The molecule has 0 N–H and O–H groups in total. The van der Waals surface area contributed by atoms with Crippen molar-refractivity contribution in [1.29, 1.82) is 0 Å². The Kier molecular flexibility index (Phi) is 3.75. The molecule has 0 heterocycles. The van der Waals surface area contributed by atoms with Crippen LogP contribution in [0.3, 0.4) is 0 Å². The summed E-state index contributed by atoms with van der Waals surface area (Å²) < 4.78 is 19.3. The normalized spacial score (nSPS) is 10.2. The molecule has 0 aliphatic heterocycles. The topological polar surface area (TPSA) is 52.4 Å². The minimum absolute atomic E-state index is 0.0433. The van der Waals surface area contributed by atoms with E-state index in [0.717, 1.165) is 11.6 Å². The van der Waals surface area contributed by atoms with Gasteiger partial charge in [-0.05, 0) is 18.6 Å². The second-order valence-electron chi connectivity index (χ2n) is 4.06. The van der Waals surface area contributed by atoms with Gasteiger partial charge in [0, 0.05) is 11.6 Å². The zero-order chi connectivity index (χ0) is 13.8. The lowest BCUT2D eigenvalue weighted by molar-refractivity contribution is -0.387. The van der Waals surface area contributed by atoms with Crippen LogP contribution in [-0.2, 0) is 6.61 Å². The third-order valence-corrected chi connectivity index (χ3v) is 2.73. The van der Waals surface area contributed by atoms with Crippen LogP contribution < -0.4 is 4.74 Å². The summed E-state index contributed by atoms with van der Waals surface area (Å²) in [7, 11) is 0. The van der Waals surface area contributed by atoms with Gasteiger partial charge in [-0.15, -0.1) is 0 Å². The number of aryl methyl sites for hydroxylation is 1. The molecule has 0 fully saturated rings. The van der Waals surface area contributed by atoms with Gasteiger partial charge in [0.25, 0.3) is 0 Å². The summed E-state index contributed by atoms with van der Waals surface area (Å²) >= 11 is 0. The lowest BCUT2D eigenvalue weighted by Gasteiger charge is -2.09. The number of para-hydroxylation sites is 1. The molecule has 2 rings (SSSR count). The standard InChI is InChI=1S/C14H12FNO3/c1-10-5-2-3-8-13(10)19-9-11-6-4-7-12(14(11)15)16(17)18/h2-8H,9H2,1H3. The van der Waals surface area contributed by atoms with Gasteiger partial charge in [0.15, 0.2) is 0 Å². The molecule has 5 heteroatoms. The Morgan fingerprint density at radius 3 is 2.63 bits per heavy atom. The van der Waals surface area contributed by atoms with Crippen LogP contribution in [0, 0.1) is 22.9 Å². The van der Waals surface area contributed by atoms with Gasteiger partial charge in [-0.1, -0.05) is 30.3 Å². The first-order valence-corrected chi connectivity index (χ1v) is 5.70. The molecule has 0 atom stereocenters. The van der Waals surface area contributed by atoms with E-state index < -0.39 is 16.4 Å². The Hall–Kier alpha value is -2.43. The molecule has 0 amide bonds. The Bertz CT molecular complexity index is 613. The molecular formula is C14H12FNO3. The quantitative estimate of drug-likeness (QED) is 0.624. The first kappa shape index (κ1) is 13.0. The van der Waals surface area contributed by atoms with Gasteiger partial charge < -0.3 is 4.74 Å². The average molecular weight is 261 g/mol. The van der Waals surface area contributed by atoms with Gasteiger partial charge in [0.05, 0.1) is 4.92 Å². The van der Waals surface area contributed by atoms with Crippen molar-refractivity contribution >= 4 is 5.69 Å². The first-order chi connectivity index (χ1) is 9.09. The van der Waals surface area contributed by atoms with Gasteiger partial charge in [0.1, 0.15) is 12.4 Å². The molecule has 0 unspecified atom stereocenters. The molecule has 0 aromatic heterocycles. The van der Waals surface area contributed by atoms with E-state index in [1.54, 1.807) is 6.07 Å². The summed E-state index contributed by atoms with van der Waals surface area (Å²) in [6.07, 6.45) is 0. The molecule has 98 valence electrons. The maximum Gasteiger partial charge on any atom is 0.305 e. The van der Waals surface area contributed by atoms with Crippen molar-refractivity contribution in [2.24, 2.45) is 0 Å². The van der Waals surface area contributed by atoms with Crippen molar-refractivity contribution in [1.82, 2.24) is 0 Å². The fourth-order valence-electron chi connectivity index (χ4n) is 1.69. The summed E-state index contributed by atoms with van der Waals surface area (Å²) in [6.45, 7) is 1.83. The zero-order valence-corrected chi connectivity index (χ0v) is 10.3. The minimum atomic E-state index is -0.846. The fourth-order valence-corrected chi connectivity index (χ4v) is 1.69. The first-order valence-electron chi connectivity index (χ1n) is 5.70. The number of rotatable bonds is 4. The van der Waals surface area contributed by atoms with Crippen LogP contribution in [0.4, 0.5) is 10.1 Å². The number of ether oxygens (including phenoxy) is 1. The molecule has 4 nitrogen and oxygen atoms in total. The zero-order valence-electron chi connectivity index (χ0n) is 10.3. The van der Waals surface area contributed by atoms with Crippen LogP contribution in [-0.4, -0.2) is 4.92 Å². The van der Waals surface area contributed by atoms with Crippen molar-refractivity contribution < 1.29 is 14.1 Å². The summed E-state index contributed by atoms with van der Waals surface area (Å²) in [6, 6.07) is 11.4. The van der Waals surface area contributed by atoms with E-state index in [4.69, 9.17) is 4.74 Å². The highest BCUT2D eigenvalue weighted by atomic mass is 19.1. The average Bonchev–Trinajstić information content (AvgIpc) is 2.39. The Morgan fingerprint density at radius 2 is 1.95 bits per heavy atom. The third-order valence-electron chi connectivity index (χ3n) is 2.73. The number of nitro groups is 1. The fraction of sp³-hybridized carbons (Fsp3) is 0.143. The SMILES string of the molecule is Cc1ccccc1OCc1cccc([N+](=O)[O-])c1F. The molecule has 0 saturated carbocycles. The molecule has 0 saturated heterocycles. The highest BCUT2D eigenvalue weighted by molar-refractivity contribution is 5.37. The van der Waals surface area contributed by atoms with Crippen LogP contribution in [0.2, 0.25) is 0 Å². The van der Waals surface area contributed by atoms with E-state index in [2.05, 4.69) is 0 Å². The predicted molar refractivity (Wildman–Crippen MR) is 68.6 cm³/mol. The van der Waals surface area contributed by atoms with E-state index in [1.807, 2.05) is 25.1 Å². The maximum absolute atomic E-state index is 13.8. The van der Waals surface area contributed by atoms with E-state index in [0.29, 0.717) is 5.75 Å². The number of hydrogen-bond donors (Lipinski definition) is 0. The minimum Gasteiger partial charge on any atom is -0.489 e. The van der Waals surface area contributed by atoms with Crippen molar-refractivity contribution in [2.75, 3.05) is 0 Å². The lowest BCUT2D eigenvalue weighted by atomic mass is 10.2. The monoisotopic (exact) mass is 261 g/mol. The maximum atomic E-state index is 13.8. The van der Waals surface area contributed by atoms with Crippen LogP contribution in [0.5, 0.6) is 5.75 Å². The lowest BCUT2D eigenvalue weighted by Crippen LogP contribution is -2.02. The number of nitro benzene ring substituents is 1. The summed E-state index contributed by atoms with van der Waals surface area (Å²) in [4.78, 5) is 9.88. The van der Waals surface area contributed by atoms with E-state index in [-0.39, 0.29) is 12.2 Å². The second-order valence-corrected chi connectivity index (χ2v) is 4.06. The van der Waals surface area contributed by atoms with Crippen LogP contribution in [0.25, 0.3) is 0 Å². The van der Waals surface area contributed by atoms with Gasteiger partial charge in [0.2, 0.25) is 5.82 Å². The van der Waals surface area contributed by atoms with Crippen molar-refractivity contribution in [3.63, 3.8) is 0 Å². The highest BCUT2D eigenvalue weighted by Crippen LogP contribution is 2.23. The van der Waals surface area contributed by atoms with Crippen molar-refractivity contribution in [3.8, 4) is 5.75 Å². The van der Waals surface area contributed by atoms with E-state index >= 15 is 0 Å². The number of nitrogens with zero attached hydrogens (tertiary/aromatic N) is 1. The third kappa shape index (κ3) is 2.88. The smallest absolute Gasteiger partial charge is 0.305 e. The van der Waals surface area contributed by atoms with Crippen LogP contribution in [0.1, 0.15) is 11.1 Å². The summed E-state index contributed by atoms with van der Waals surface area (Å²) in [5.41, 5.74) is 0.552. The molecule has 0 aliphatic carbocycles. The number of hydrogen-bond acceptors (Lipinski definition) is 3. The van der Waals surface area contributed by atoms with Gasteiger partial charge in [-0.25, -0.2) is 0 Å².